The van der Waals surface area contributed by atoms with Gasteiger partial charge in [-0.2, -0.15) is 0 Å². The second kappa shape index (κ2) is 1.98. The van der Waals surface area contributed by atoms with Gasteiger partial charge in [-0.05, 0) is 24.7 Å². The minimum atomic E-state index is 0.171. The molecule has 0 aromatic rings. The van der Waals surface area contributed by atoms with Crippen LogP contribution in [0.2, 0.25) is 0 Å². The maximum atomic E-state index is 11.4. The van der Waals surface area contributed by atoms with E-state index in [4.69, 9.17) is 0 Å². The number of fused-ring (bicyclic) bond motifs is 4. The second-order valence-corrected chi connectivity index (χ2v) is 4.39. The van der Waals surface area contributed by atoms with Gasteiger partial charge in [0.2, 0.25) is 0 Å². The lowest BCUT2D eigenvalue weighted by molar-refractivity contribution is -0.139. The fourth-order valence-electron chi connectivity index (χ4n) is 3.54. The van der Waals surface area contributed by atoms with Crippen molar-refractivity contribution in [3.8, 4) is 0 Å². The van der Waals surface area contributed by atoms with Crippen molar-refractivity contribution in [2.75, 3.05) is 0 Å². The second-order valence-electron chi connectivity index (χ2n) is 4.39. The zero-order chi connectivity index (χ0) is 8.29. The SMILES string of the molecule is O=C1CC[C@H]2[C@H]3CCC(=O)[C@@H]3[C@H]12. The van der Waals surface area contributed by atoms with Gasteiger partial charge in [0, 0.05) is 24.7 Å². The van der Waals surface area contributed by atoms with Gasteiger partial charge in [0.05, 0.1) is 0 Å². The fourth-order valence-corrected chi connectivity index (χ4v) is 3.54. The first kappa shape index (κ1) is 6.81. The molecule has 0 unspecified atom stereocenters. The minimum Gasteiger partial charge on any atom is -0.299 e. The van der Waals surface area contributed by atoms with Crippen LogP contribution in [0.4, 0.5) is 0 Å². The van der Waals surface area contributed by atoms with Crippen LogP contribution >= 0.6 is 0 Å². The Labute approximate surface area is 71.3 Å². The third-order valence-corrected chi connectivity index (χ3v) is 4.05. The van der Waals surface area contributed by atoms with Gasteiger partial charge in [-0.25, -0.2) is 0 Å². The Morgan fingerprint density at radius 2 is 1.25 bits per heavy atom. The van der Waals surface area contributed by atoms with Crippen molar-refractivity contribution in [1.82, 2.24) is 0 Å². The number of rotatable bonds is 0. The molecule has 0 aromatic heterocycles. The highest BCUT2D eigenvalue weighted by Gasteiger charge is 2.61. The van der Waals surface area contributed by atoms with Crippen LogP contribution in [0.15, 0.2) is 0 Å². The summed E-state index contributed by atoms with van der Waals surface area (Å²) in [5, 5.41) is 0. The van der Waals surface area contributed by atoms with Crippen LogP contribution < -0.4 is 0 Å². The maximum absolute atomic E-state index is 11.4. The largest absolute Gasteiger partial charge is 0.299 e. The predicted octanol–water partition coefficient (Wildman–Crippen LogP) is 1.19. The average Bonchev–Trinajstić information content (AvgIpc) is 2.41. The Hall–Kier alpha value is -0.660. The van der Waals surface area contributed by atoms with Crippen molar-refractivity contribution in [3.05, 3.63) is 0 Å². The topological polar surface area (TPSA) is 34.1 Å². The Morgan fingerprint density at radius 1 is 0.833 bits per heavy atom. The molecule has 4 atom stereocenters. The van der Waals surface area contributed by atoms with Crippen LogP contribution in [0.3, 0.4) is 0 Å². The van der Waals surface area contributed by atoms with Crippen molar-refractivity contribution in [1.29, 1.82) is 0 Å². The van der Waals surface area contributed by atoms with E-state index in [1.54, 1.807) is 0 Å². The Kier molecular flexibility index (Phi) is 1.12. The number of Topliss-reactive ketones (excluding diaryl/α,β-unsaturated/α-hetero) is 2. The Balaban J connectivity index is 1.93. The molecule has 3 saturated carbocycles. The standard InChI is InChI=1S/C10H12O2/c11-7-3-1-5-6-2-4-8(12)10(6)9(5)7/h5-6,9-10H,1-4H2/t5-,6+,9-,10+. The molecule has 3 aliphatic carbocycles. The molecule has 12 heavy (non-hydrogen) atoms. The molecule has 0 bridgehead atoms. The molecule has 0 saturated heterocycles. The zero-order valence-electron chi connectivity index (χ0n) is 6.95. The van der Waals surface area contributed by atoms with Crippen molar-refractivity contribution >= 4 is 11.6 Å². The third-order valence-electron chi connectivity index (χ3n) is 4.05. The molecule has 0 spiro atoms. The summed E-state index contributed by atoms with van der Waals surface area (Å²) < 4.78 is 0. The summed E-state index contributed by atoms with van der Waals surface area (Å²) in [6.45, 7) is 0. The summed E-state index contributed by atoms with van der Waals surface area (Å²) in [5.74, 6) is 2.30. The lowest BCUT2D eigenvalue weighted by Crippen LogP contribution is -2.46. The lowest BCUT2D eigenvalue weighted by atomic mass is 9.59. The van der Waals surface area contributed by atoms with Crippen LogP contribution in [0, 0.1) is 23.7 Å². The summed E-state index contributed by atoms with van der Waals surface area (Å²) in [6, 6.07) is 0. The van der Waals surface area contributed by atoms with Gasteiger partial charge in [-0.15, -0.1) is 0 Å². The van der Waals surface area contributed by atoms with Crippen LogP contribution in [-0.4, -0.2) is 11.6 Å². The molecule has 0 amide bonds. The van der Waals surface area contributed by atoms with E-state index in [0.29, 0.717) is 23.4 Å². The predicted molar refractivity (Wildman–Crippen MR) is 42.4 cm³/mol. The third kappa shape index (κ3) is 0.584. The molecule has 2 heteroatoms. The van der Waals surface area contributed by atoms with E-state index in [1.807, 2.05) is 0 Å². The first-order valence-corrected chi connectivity index (χ1v) is 4.84. The molecule has 0 N–H and O–H groups in total. The van der Waals surface area contributed by atoms with Gasteiger partial charge in [0.1, 0.15) is 11.6 Å². The molecule has 64 valence electrons. The summed E-state index contributed by atoms with van der Waals surface area (Å²) >= 11 is 0. The Bertz CT molecular complexity index is 241. The van der Waals surface area contributed by atoms with Gasteiger partial charge in [0.25, 0.3) is 0 Å². The van der Waals surface area contributed by atoms with Gasteiger partial charge in [-0.1, -0.05) is 0 Å². The van der Waals surface area contributed by atoms with Crippen molar-refractivity contribution in [2.24, 2.45) is 23.7 Å². The van der Waals surface area contributed by atoms with Crippen molar-refractivity contribution < 1.29 is 9.59 Å². The quantitative estimate of drug-likeness (QED) is 0.539. The minimum absolute atomic E-state index is 0.171. The summed E-state index contributed by atoms with van der Waals surface area (Å²) in [7, 11) is 0. The molecule has 0 aromatic carbocycles. The van der Waals surface area contributed by atoms with Gasteiger partial charge >= 0.3 is 0 Å². The molecular formula is C10H12O2. The smallest absolute Gasteiger partial charge is 0.137 e. The number of carbonyl (C=O) groups excluding carboxylic acids is 2. The lowest BCUT2D eigenvalue weighted by Gasteiger charge is -2.42. The average molecular weight is 164 g/mol. The van der Waals surface area contributed by atoms with Gasteiger partial charge in [0.15, 0.2) is 0 Å². The first-order chi connectivity index (χ1) is 5.79. The van der Waals surface area contributed by atoms with E-state index >= 15 is 0 Å². The summed E-state index contributed by atoms with van der Waals surface area (Å²) in [6.07, 6.45) is 3.63. The van der Waals surface area contributed by atoms with Crippen LogP contribution in [-0.2, 0) is 9.59 Å². The highest BCUT2D eigenvalue weighted by Crippen LogP contribution is 2.59. The molecule has 0 aliphatic heterocycles. The fraction of sp³-hybridized carbons (Fsp3) is 0.800. The highest BCUT2D eigenvalue weighted by molar-refractivity contribution is 5.95. The van der Waals surface area contributed by atoms with E-state index in [2.05, 4.69) is 0 Å². The van der Waals surface area contributed by atoms with E-state index in [-0.39, 0.29) is 11.8 Å². The molecule has 3 rings (SSSR count). The highest BCUT2D eigenvalue weighted by atomic mass is 16.1. The van der Waals surface area contributed by atoms with E-state index in [0.717, 1.165) is 25.7 Å². The van der Waals surface area contributed by atoms with Crippen LogP contribution in [0.25, 0.3) is 0 Å². The van der Waals surface area contributed by atoms with Crippen molar-refractivity contribution in [3.63, 3.8) is 0 Å². The first-order valence-electron chi connectivity index (χ1n) is 4.84. The summed E-state index contributed by atoms with van der Waals surface area (Å²) in [4.78, 5) is 22.7. The molecule has 0 radical (unpaired) electrons. The maximum Gasteiger partial charge on any atom is 0.137 e. The molecule has 3 fully saturated rings. The number of carbonyl (C=O) groups is 2. The summed E-state index contributed by atoms with van der Waals surface area (Å²) in [5.41, 5.74) is 0. The van der Waals surface area contributed by atoms with Gasteiger partial charge < -0.3 is 0 Å². The van der Waals surface area contributed by atoms with E-state index in [9.17, 15) is 9.59 Å². The molecule has 2 nitrogen and oxygen atoms in total. The number of hydrogen-bond donors (Lipinski definition) is 0. The number of hydrogen-bond acceptors (Lipinski definition) is 2. The molecular weight excluding hydrogens is 152 g/mol. The normalized spacial score (nSPS) is 50.3. The number of ketones is 2. The monoisotopic (exact) mass is 164 g/mol. The Morgan fingerprint density at radius 3 is 1.67 bits per heavy atom. The van der Waals surface area contributed by atoms with Crippen LogP contribution in [0.5, 0.6) is 0 Å². The van der Waals surface area contributed by atoms with E-state index in [1.165, 1.54) is 0 Å². The van der Waals surface area contributed by atoms with E-state index < -0.39 is 0 Å². The van der Waals surface area contributed by atoms with Crippen LogP contribution in [0.1, 0.15) is 25.7 Å². The zero-order valence-corrected chi connectivity index (χ0v) is 6.95. The van der Waals surface area contributed by atoms with Crippen molar-refractivity contribution in [2.45, 2.75) is 25.7 Å². The van der Waals surface area contributed by atoms with Gasteiger partial charge in [-0.3, -0.25) is 9.59 Å². The molecule has 3 aliphatic rings. The molecule has 0 heterocycles.